The van der Waals surface area contributed by atoms with Crippen LogP contribution in [0.4, 0.5) is 5.69 Å². The van der Waals surface area contributed by atoms with E-state index < -0.39 is 16.3 Å². The maximum atomic E-state index is 11.6. The number of carboxylic acid groups (broad SMARTS) is 1. The second-order valence-corrected chi connectivity index (χ2v) is 7.80. The van der Waals surface area contributed by atoms with Crippen LogP contribution in [0.1, 0.15) is 42.3 Å². The molecule has 7 heteroatoms. The van der Waals surface area contributed by atoms with Gasteiger partial charge in [-0.3, -0.25) is 10.1 Å². The molecule has 2 aromatic rings. The second kappa shape index (κ2) is 6.76. The Balaban J connectivity index is 2.61. The molecule has 0 aromatic heterocycles. The van der Waals surface area contributed by atoms with Gasteiger partial charge in [0, 0.05) is 27.5 Å². The van der Waals surface area contributed by atoms with Gasteiger partial charge in [-0.2, -0.15) is 0 Å². The van der Waals surface area contributed by atoms with Crippen molar-refractivity contribution in [2.75, 3.05) is 0 Å². The highest BCUT2D eigenvalue weighted by atomic mass is 32.2. The van der Waals surface area contributed by atoms with Gasteiger partial charge in [-0.1, -0.05) is 38.6 Å². The van der Waals surface area contributed by atoms with Crippen LogP contribution in [0.25, 0.3) is 0 Å². The third kappa shape index (κ3) is 3.93. The number of non-ortho nitro benzene ring substituents is 1. The number of hydrogen-bond donors (Lipinski definition) is 2. The number of benzene rings is 2. The summed E-state index contributed by atoms with van der Waals surface area (Å²) in [5.74, 6) is -1.44. The number of nitrogens with zero attached hydrogens (tertiary/aromatic N) is 1. The molecule has 0 atom stereocenters. The number of hydrogen-bond acceptors (Lipinski definition) is 5. The Morgan fingerprint density at radius 1 is 1.24 bits per heavy atom. The predicted molar refractivity (Wildman–Crippen MR) is 95.7 cm³/mol. The normalized spacial score (nSPS) is 11.4. The van der Waals surface area contributed by atoms with Crippen LogP contribution < -0.4 is 0 Å². The summed E-state index contributed by atoms with van der Waals surface area (Å²) in [6.45, 7) is 7.26. The molecule has 2 rings (SSSR count). The number of carbonyl (C=O) groups is 1. The third-order valence-electron chi connectivity index (χ3n) is 3.79. The maximum Gasteiger partial charge on any atom is 0.339 e. The minimum atomic E-state index is -1.21. The summed E-state index contributed by atoms with van der Waals surface area (Å²) >= 11 is 1.24. The van der Waals surface area contributed by atoms with E-state index in [1.165, 1.54) is 23.9 Å². The molecule has 0 unspecified atom stereocenters. The Morgan fingerprint density at radius 2 is 1.88 bits per heavy atom. The summed E-state index contributed by atoms with van der Waals surface area (Å²) in [6, 6.07) is 7.89. The van der Waals surface area contributed by atoms with Crippen LogP contribution in [-0.2, 0) is 5.41 Å². The standard InChI is InChI=1S/C18H19NO5S/c1-10-14(25-12-7-5-6-11(8-12)19(23)24)9-13(18(2,3)4)16(20)15(10)17(21)22/h5-9,20H,1-4H3,(H,21,22). The van der Waals surface area contributed by atoms with Crippen molar-refractivity contribution in [2.45, 2.75) is 42.9 Å². The predicted octanol–water partition coefficient (Wildman–Crippen LogP) is 4.76. The average Bonchev–Trinajstić information content (AvgIpc) is 2.48. The topological polar surface area (TPSA) is 101 Å². The summed E-state index contributed by atoms with van der Waals surface area (Å²) < 4.78 is 0. The lowest BCUT2D eigenvalue weighted by Gasteiger charge is -2.24. The lowest BCUT2D eigenvalue weighted by molar-refractivity contribution is -0.385. The Labute approximate surface area is 149 Å². The van der Waals surface area contributed by atoms with E-state index in [2.05, 4.69) is 0 Å². The molecule has 0 radical (unpaired) electrons. The van der Waals surface area contributed by atoms with Crippen molar-refractivity contribution < 1.29 is 19.9 Å². The van der Waals surface area contributed by atoms with Gasteiger partial charge in [-0.25, -0.2) is 4.79 Å². The first-order valence-corrected chi connectivity index (χ1v) is 8.36. The van der Waals surface area contributed by atoms with E-state index in [0.29, 0.717) is 20.9 Å². The molecular formula is C18H19NO5S. The minimum absolute atomic E-state index is 0.0315. The van der Waals surface area contributed by atoms with Gasteiger partial charge in [-0.15, -0.1) is 0 Å². The van der Waals surface area contributed by atoms with Gasteiger partial charge in [0.05, 0.1) is 4.92 Å². The maximum absolute atomic E-state index is 11.6. The first-order valence-electron chi connectivity index (χ1n) is 7.55. The molecule has 0 amide bonds. The molecule has 2 aromatic carbocycles. The van der Waals surface area contributed by atoms with Crippen molar-refractivity contribution in [3.63, 3.8) is 0 Å². The molecule has 6 nitrogen and oxygen atoms in total. The minimum Gasteiger partial charge on any atom is -0.507 e. The summed E-state index contributed by atoms with van der Waals surface area (Å²) in [5, 5.41) is 30.8. The summed E-state index contributed by atoms with van der Waals surface area (Å²) in [4.78, 5) is 23.3. The zero-order chi connectivity index (χ0) is 18.9. The molecule has 25 heavy (non-hydrogen) atoms. The van der Waals surface area contributed by atoms with Gasteiger partial charge in [0.2, 0.25) is 0 Å². The Hall–Kier alpha value is -2.54. The number of rotatable bonds is 4. The molecule has 0 spiro atoms. The summed E-state index contributed by atoms with van der Waals surface area (Å²) in [7, 11) is 0. The van der Waals surface area contributed by atoms with E-state index in [0.717, 1.165) is 0 Å². The molecule has 2 N–H and O–H groups in total. The fourth-order valence-corrected chi connectivity index (χ4v) is 3.48. The Kier molecular flexibility index (Phi) is 5.08. The van der Waals surface area contributed by atoms with Gasteiger partial charge in [0.1, 0.15) is 11.3 Å². The van der Waals surface area contributed by atoms with Crippen LogP contribution in [0.2, 0.25) is 0 Å². The first kappa shape index (κ1) is 18.8. The van der Waals surface area contributed by atoms with Gasteiger partial charge in [0.15, 0.2) is 0 Å². The first-order chi connectivity index (χ1) is 11.5. The fourth-order valence-electron chi connectivity index (χ4n) is 2.47. The summed E-state index contributed by atoms with van der Waals surface area (Å²) in [5.41, 5.74) is 0.314. The molecule has 0 aliphatic carbocycles. The number of carboxylic acids is 1. The highest BCUT2D eigenvalue weighted by Gasteiger charge is 2.27. The van der Waals surface area contributed by atoms with Crippen molar-refractivity contribution in [1.82, 2.24) is 0 Å². The van der Waals surface area contributed by atoms with E-state index in [-0.39, 0.29) is 17.0 Å². The van der Waals surface area contributed by atoms with E-state index in [4.69, 9.17) is 0 Å². The number of aromatic carboxylic acids is 1. The smallest absolute Gasteiger partial charge is 0.339 e. The van der Waals surface area contributed by atoms with Gasteiger partial charge in [0.25, 0.3) is 5.69 Å². The number of nitro groups is 1. The van der Waals surface area contributed by atoms with E-state index in [1.807, 2.05) is 20.8 Å². The molecule has 0 bridgehead atoms. The van der Waals surface area contributed by atoms with Crippen molar-refractivity contribution >= 4 is 23.4 Å². The van der Waals surface area contributed by atoms with Crippen LogP contribution in [-0.4, -0.2) is 21.1 Å². The Morgan fingerprint density at radius 3 is 2.40 bits per heavy atom. The highest BCUT2D eigenvalue weighted by Crippen LogP contribution is 2.42. The van der Waals surface area contributed by atoms with Crippen LogP contribution in [0.15, 0.2) is 40.1 Å². The lowest BCUT2D eigenvalue weighted by atomic mass is 9.84. The van der Waals surface area contributed by atoms with Crippen LogP contribution in [0.5, 0.6) is 5.75 Å². The third-order valence-corrected chi connectivity index (χ3v) is 4.92. The highest BCUT2D eigenvalue weighted by molar-refractivity contribution is 7.99. The summed E-state index contributed by atoms with van der Waals surface area (Å²) in [6.07, 6.45) is 0. The molecule has 0 saturated carbocycles. The average molecular weight is 361 g/mol. The molecular weight excluding hydrogens is 342 g/mol. The molecule has 0 heterocycles. The van der Waals surface area contributed by atoms with Crippen molar-refractivity contribution in [2.24, 2.45) is 0 Å². The van der Waals surface area contributed by atoms with Crippen LogP contribution >= 0.6 is 11.8 Å². The van der Waals surface area contributed by atoms with Gasteiger partial charge in [-0.05, 0) is 30.0 Å². The zero-order valence-electron chi connectivity index (χ0n) is 14.4. The van der Waals surface area contributed by atoms with E-state index in [1.54, 1.807) is 25.1 Å². The van der Waals surface area contributed by atoms with Crippen molar-refractivity contribution in [3.05, 3.63) is 57.1 Å². The number of nitro benzene ring substituents is 1. The largest absolute Gasteiger partial charge is 0.507 e. The number of aromatic hydroxyl groups is 1. The quantitative estimate of drug-likeness (QED) is 0.602. The number of phenols is 1. The second-order valence-electron chi connectivity index (χ2n) is 6.68. The molecule has 132 valence electrons. The van der Waals surface area contributed by atoms with Gasteiger partial charge < -0.3 is 10.2 Å². The van der Waals surface area contributed by atoms with Crippen LogP contribution in [0.3, 0.4) is 0 Å². The van der Waals surface area contributed by atoms with Gasteiger partial charge >= 0.3 is 5.97 Å². The molecule has 0 aliphatic rings. The van der Waals surface area contributed by atoms with E-state index >= 15 is 0 Å². The zero-order valence-corrected chi connectivity index (χ0v) is 15.2. The molecule has 0 saturated heterocycles. The Bertz CT molecular complexity index is 855. The SMILES string of the molecule is Cc1c(Sc2cccc([N+](=O)[O-])c2)cc(C(C)(C)C)c(O)c1C(=O)O. The van der Waals surface area contributed by atoms with E-state index in [9.17, 15) is 25.1 Å². The molecule has 0 fully saturated rings. The molecule has 0 aliphatic heterocycles. The monoisotopic (exact) mass is 361 g/mol. The van der Waals surface area contributed by atoms with Crippen LogP contribution in [0, 0.1) is 17.0 Å². The van der Waals surface area contributed by atoms with Crippen molar-refractivity contribution in [3.8, 4) is 5.75 Å². The lowest BCUT2D eigenvalue weighted by Crippen LogP contribution is -2.14. The van der Waals surface area contributed by atoms with Crippen molar-refractivity contribution in [1.29, 1.82) is 0 Å². The fraction of sp³-hybridized carbons (Fsp3) is 0.278.